The minimum atomic E-state index is -3.93. The Morgan fingerprint density at radius 1 is 1.12 bits per heavy atom. The Hall–Kier alpha value is -2.69. The first-order valence-electron chi connectivity index (χ1n) is 10.1. The minimum absolute atomic E-state index is 0.0813. The number of aromatic nitrogens is 1. The number of nitrogens with one attached hydrogen (secondary N) is 2. The summed E-state index contributed by atoms with van der Waals surface area (Å²) < 4.78 is 40.0. The van der Waals surface area contributed by atoms with Gasteiger partial charge in [-0.1, -0.05) is 13.8 Å². The Morgan fingerprint density at radius 2 is 1.88 bits per heavy atom. The third-order valence-corrected chi connectivity index (χ3v) is 7.17. The molecule has 0 radical (unpaired) electrons. The number of hydrogen-bond acceptors (Lipinski definition) is 7. The molecule has 0 unspecified atom stereocenters. The number of ether oxygens (including phenoxy) is 2. The maximum atomic E-state index is 13.1. The van der Waals surface area contributed by atoms with E-state index in [9.17, 15) is 13.2 Å². The summed E-state index contributed by atoms with van der Waals surface area (Å²) in [5, 5.41) is 3.63. The topological polar surface area (TPSA) is 107 Å². The van der Waals surface area contributed by atoms with Gasteiger partial charge in [0.2, 0.25) is 15.9 Å². The van der Waals surface area contributed by atoms with E-state index in [-0.39, 0.29) is 10.8 Å². The monoisotopic (exact) mass is 477 g/mol. The molecule has 1 amide bonds. The predicted molar refractivity (Wildman–Crippen MR) is 126 cm³/mol. The molecule has 3 aromatic rings. The van der Waals surface area contributed by atoms with Crippen LogP contribution in [0, 0.1) is 12.8 Å². The Kier molecular flexibility index (Phi) is 7.37. The molecule has 32 heavy (non-hydrogen) atoms. The first-order chi connectivity index (χ1) is 15.1. The number of hydrogen-bond donors (Lipinski definition) is 2. The van der Waals surface area contributed by atoms with Crippen molar-refractivity contribution in [3.63, 3.8) is 0 Å². The fourth-order valence-electron chi connectivity index (χ4n) is 3.24. The molecule has 1 heterocycles. The number of carbonyl (C=O) groups excluding carboxylic acids is 1. The highest BCUT2D eigenvalue weighted by Crippen LogP contribution is 2.30. The second-order valence-electron chi connectivity index (χ2n) is 7.72. The van der Waals surface area contributed by atoms with E-state index in [0.717, 1.165) is 15.2 Å². The molecule has 3 rings (SSSR count). The molecule has 0 spiro atoms. The Bertz CT molecular complexity index is 1220. The maximum absolute atomic E-state index is 13.1. The van der Waals surface area contributed by atoms with E-state index in [1.807, 2.05) is 20.8 Å². The lowest BCUT2D eigenvalue weighted by molar-refractivity contribution is -0.118. The van der Waals surface area contributed by atoms with E-state index in [1.54, 1.807) is 30.3 Å². The van der Waals surface area contributed by atoms with Crippen LogP contribution >= 0.6 is 11.3 Å². The quantitative estimate of drug-likeness (QED) is 0.483. The predicted octanol–water partition coefficient (Wildman–Crippen LogP) is 3.95. The maximum Gasteiger partial charge on any atom is 0.242 e. The molecular weight excluding hydrogens is 450 g/mol. The molecule has 2 aromatic carbocycles. The van der Waals surface area contributed by atoms with Crippen LogP contribution < -0.4 is 19.5 Å². The molecule has 0 bridgehead atoms. The molecule has 172 valence electrons. The molecule has 1 aromatic heterocycles. The van der Waals surface area contributed by atoms with Gasteiger partial charge in [0.15, 0.2) is 0 Å². The Morgan fingerprint density at radius 3 is 2.53 bits per heavy atom. The smallest absolute Gasteiger partial charge is 0.242 e. The standard InChI is InChI=1S/C22H27N3O5S2/c1-13(2)10-19(22(26)24-17-8-6-15(29-4)11-20(17)30-5)25-32(27,28)16-7-9-18-21(12-16)31-14(3)23-18/h6-9,11-13,19,25H,10H2,1-5H3,(H,24,26)/t19-/m0/s1. The van der Waals surface area contributed by atoms with Gasteiger partial charge in [-0.3, -0.25) is 4.79 Å². The van der Waals surface area contributed by atoms with Crippen LogP contribution in [0.2, 0.25) is 0 Å². The van der Waals surface area contributed by atoms with Gasteiger partial charge in [-0.2, -0.15) is 4.72 Å². The molecule has 0 saturated heterocycles. The fraction of sp³-hybridized carbons (Fsp3) is 0.364. The van der Waals surface area contributed by atoms with Crippen LogP contribution in [0.25, 0.3) is 10.2 Å². The van der Waals surface area contributed by atoms with Gasteiger partial charge in [0.05, 0.1) is 40.0 Å². The van der Waals surface area contributed by atoms with E-state index < -0.39 is 22.0 Å². The zero-order valence-electron chi connectivity index (χ0n) is 18.6. The number of methoxy groups -OCH3 is 2. The number of carbonyl (C=O) groups is 1. The largest absolute Gasteiger partial charge is 0.497 e. The summed E-state index contributed by atoms with van der Waals surface area (Å²) in [7, 11) is -0.919. The molecule has 1 atom stereocenters. The Labute approximate surface area is 192 Å². The summed E-state index contributed by atoms with van der Waals surface area (Å²) in [5.41, 5.74) is 1.17. The van der Waals surface area contributed by atoms with Crippen molar-refractivity contribution in [1.29, 1.82) is 0 Å². The molecule has 0 fully saturated rings. The van der Waals surface area contributed by atoms with Crippen molar-refractivity contribution in [3.8, 4) is 11.5 Å². The number of anilines is 1. The number of thiazole rings is 1. The molecule has 8 nitrogen and oxygen atoms in total. The normalized spacial score (nSPS) is 12.7. The fourth-order valence-corrected chi connectivity index (χ4v) is 5.42. The van der Waals surface area contributed by atoms with Gasteiger partial charge in [0.25, 0.3) is 0 Å². The molecule has 10 heteroatoms. The van der Waals surface area contributed by atoms with Crippen LogP contribution in [0.1, 0.15) is 25.3 Å². The number of rotatable bonds is 9. The van der Waals surface area contributed by atoms with Crippen LogP contribution in [0.4, 0.5) is 5.69 Å². The summed E-state index contributed by atoms with van der Waals surface area (Å²) in [6, 6.07) is 8.77. The van der Waals surface area contributed by atoms with Crippen LogP contribution in [-0.2, 0) is 14.8 Å². The van der Waals surface area contributed by atoms with Gasteiger partial charge in [-0.15, -0.1) is 11.3 Å². The van der Waals surface area contributed by atoms with Crippen molar-refractivity contribution in [2.75, 3.05) is 19.5 Å². The van der Waals surface area contributed by atoms with Crippen molar-refractivity contribution in [3.05, 3.63) is 41.4 Å². The summed E-state index contributed by atoms with van der Waals surface area (Å²) in [6.07, 6.45) is 0.325. The van der Waals surface area contributed by atoms with Gasteiger partial charge < -0.3 is 14.8 Å². The summed E-state index contributed by atoms with van der Waals surface area (Å²) in [5.74, 6) is 0.598. The minimum Gasteiger partial charge on any atom is -0.497 e. The third-order valence-electron chi connectivity index (χ3n) is 4.76. The molecule has 2 N–H and O–H groups in total. The van der Waals surface area contributed by atoms with E-state index in [1.165, 1.54) is 31.6 Å². The average molecular weight is 478 g/mol. The highest BCUT2D eigenvalue weighted by Gasteiger charge is 2.27. The molecular formula is C22H27N3O5S2. The number of fused-ring (bicyclic) bond motifs is 1. The number of nitrogens with zero attached hydrogens (tertiary/aromatic N) is 1. The van der Waals surface area contributed by atoms with Crippen molar-refractivity contribution in [2.24, 2.45) is 5.92 Å². The number of benzene rings is 2. The third kappa shape index (κ3) is 5.56. The highest BCUT2D eigenvalue weighted by atomic mass is 32.2. The van der Waals surface area contributed by atoms with Crippen LogP contribution in [-0.4, -0.2) is 39.6 Å². The average Bonchev–Trinajstić information content (AvgIpc) is 3.12. The lowest BCUT2D eigenvalue weighted by Gasteiger charge is -2.21. The first kappa shape index (κ1) is 24.0. The molecule has 0 saturated carbocycles. The number of amides is 1. The van der Waals surface area contributed by atoms with Crippen molar-refractivity contribution < 1.29 is 22.7 Å². The van der Waals surface area contributed by atoms with E-state index >= 15 is 0 Å². The van der Waals surface area contributed by atoms with Crippen LogP contribution in [0.15, 0.2) is 41.3 Å². The van der Waals surface area contributed by atoms with Gasteiger partial charge in [0.1, 0.15) is 17.5 Å². The molecule has 0 aliphatic carbocycles. The summed E-state index contributed by atoms with van der Waals surface area (Å²) in [6.45, 7) is 5.72. The van der Waals surface area contributed by atoms with Crippen LogP contribution in [0.3, 0.4) is 0 Å². The zero-order chi connectivity index (χ0) is 23.5. The van der Waals surface area contributed by atoms with Gasteiger partial charge >= 0.3 is 0 Å². The first-order valence-corrected chi connectivity index (χ1v) is 12.4. The van der Waals surface area contributed by atoms with E-state index in [4.69, 9.17) is 9.47 Å². The number of aryl methyl sites for hydroxylation is 1. The van der Waals surface area contributed by atoms with Crippen LogP contribution in [0.5, 0.6) is 11.5 Å². The van der Waals surface area contributed by atoms with E-state index in [0.29, 0.717) is 23.6 Å². The van der Waals surface area contributed by atoms with Gasteiger partial charge in [-0.05, 0) is 49.6 Å². The van der Waals surface area contributed by atoms with E-state index in [2.05, 4.69) is 15.0 Å². The highest BCUT2D eigenvalue weighted by molar-refractivity contribution is 7.89. The van der Waals surface area contributed by atoms with Gasteiger partial charge in [0, 0.05) is 6.07 Å². The second kappa shape index (κ2) is 9.85. The van der Waals surface area contributed by atoms with Crippen molar-refractivity contribution in [1.82, 2.24) is 9.71 Å². The summed E-state index contributed by atoms with van der Waals surface area (Å²) >= 11 is 1.42. The van der Waals surface area contributed by atoms with Gasteiger partial charge in [-0.25, -0.2) is 13.4 Å². The van der Waals surface area contributed by atoms with Crippen molar-refractivity contribution in [2.45, 2.75) is 38.1 Å². The zero-order valence-corrected chi connectivity index (χ0v) is 20.3. The Balaban J connectivity index is 1.85. The second-order valence-corrected chi connectivity index (χ2v) is 10.7. The molecule has 0 aliphatic rings. The lowest BCUT2D eigenvalue weighted by atomic mass is 10.0. The molecule has 0 aliphatic heterocycles. The summed E-state index contributed by atoms with van der Waals surface area (Å²) in [4.78, 5) is 17.5. The van der Waals surface area contributed by atoms with Crippen molar-refractivity contribution >= 4 is 43.2 Å². The number of sulfonamides is 1. The lowest BCUT2D eigenvalue weighted by Crippen LogP contribution is -2.44. The SMILES string of the molecule is COc1ccc(NC(=O)[C@H](CC(C)C)NS(=O)(=O)c2ccc3nc(C)sc3c2)c(OC)c1.